The van der Waals surface area contributed by atoms with Crippen molar-refractivity contribution in [2.24, 2.45) is 5.92 Å². The number of sulfone groups is 1. The Morgan fingerprint density at radius 3 is 2.50 bits per heavy atom. The van der Waals surface area contributed by atoms with Crippen molar-refractivity contribution in [3.05, 3.63) is 44.7 Å². The fourth-order valence-electron chi connectivity index (χ4n) is 4.90. The highest BCUT2D eigenvalue weighted by Crippen LogP contribution is 2.50. The van der Waals surface area contributed by atoms with Gasteiger partial charge in [-0.1, -0.05) is 11.6 Å². The van der Waals surface area contributed by atoms with Gasteiger partial charge in [0.15, 0.2) is 9.84 Å². The minimum atomic E-state index is -3.84. The first kappa shape index (κ1) is 25.3. The van der Waals surface area contributed by atoms with Crippen LogP contribution in [0.1, 0.15) is 73.7 Å². The number of benzene rings is 1. The van der Waals surface area contributed by atoms with Crippen molar-refractivity contribution < 1.29 is 27.4 Å². The number of fused-ring (bicyclic) bond motifs is 3. The molecule has 8 nitrogen and oxygen atoms in total. The minimum Gasteiger partial charge on any atom is -0.492 e. The third kappa shape index (κ3) is 4.46. The number of rotatable bonds is 6. The van der Waals surface area contributed by atoms with E-state index in [2.05, 4.69) is 0 Å². The first-order valence-corrected chi connectivity index (χ1v) is 14.3. The van der Waals surface area contributed by atoms with Crippen molar-refractivity contribution >= 4 is 27.4 Å². The standard InChI is InChI=1S/C26H30ClNO7S/c1-14(2)35-26(30)20-10-18-15(3)36(31,32)23-12-22(34-13-16-6-8-33-9-7-16)21(27)11-19(23)24(18)28(25(20)29)17-4-5-17/h10-12,14-17H,4-9,13H2,1-3H3. The fraction of sp³-hybridized carbons (Fsp3) is 0.538. The molecular formula is C26H30ClNO7S. The number of aromatic nitrogens is 1. The van der Waals surface area contributed by atoms with E-state index in [1.807, 2.05) is 0 Å². The molecule has 10 heteroatoms. The molecule has 0 radical (unpaired) electrons. The first-order valence-electron chi connectivity index (χ1n) is 12.4. The molecule has 0 amide bonds. The highest BCUT2D eigenvalue weighted by atomic mass is 35.5. The molecule has 0 spiro atoms. The topological polar surface area (TPSA) is 101 Å². The van der Waals surface area contributed by atoms with Crippen LogP contribution in [0.3, 0.4) is 0 Å². The Morgan fingerprint density at radius 2 is 1.86 bits per heavy atom. The summed E-state index contributed by atoms with van der Waals surface area (Å²) in [6, 6.07) is 4.33. The van der Waals surface area contributed by atoms with E-state index in [1.165, 1.54) is 12.1 Å². The quantitative estimate of drug-likeness (QED) is 0.493. The number of carbonyl (C=O) groups excluding carboxylic acids is 1. The number of halogens is 1. The molecule has 3 aliphatic rings. The maximum Gasteiger partial charge on any atom is 0.344 e. The van der Waals surface area contributed by atoms with Crippen LogP contribution >= 0.6 is 11.6 Å². The molecular weight excluding hydrogens is 506 g/mol. The number of pyridine rings is 1. The largest absolute Gasteiger partial charge is 0.492 e. The van der Waals surface area contributed by atoms with E-state index in [1.54, 1.807) is 31.4 Å². The summed E-state index contributed by atoms with van der Waals surface area (Å²) in [7, 11) is -3.84. The van der Waals surface area contributed by atoms with Crippen molar-refractivity contribution in [3.8, 4) is 17.0 Å². The molecule has 2 fully saturated rings. The van der Waals surface area contributed by atoms with E-state index in [9.17, 15) is 18.0 Å². The lowest BCUT2D eigenvalue weighted by atomic mass is 9.99. The van der Waals surface area contributed by atoms with Gasteiger partial charge in [-0.25, -0.2) is 13.2 Å². The number of ether oxygens (including phenoxy) is 3. The van der Waals surface area contributed by atoms with Crippen molar-refractivity contribution in [1.29, 1.82) is 0 Å². The van der Waals surface area contributed by atoms with Crippen molar-refractivity contribution in [3.63, 3.8) is 0 Å². The number of hydrogen-bond acceptors (Lipinski definition) is 7. The van der Waals surface area contributed by atoms with Gasteiger partial charge >= 0.3 is 5.97 Å². The van der Waals surface area contributed by atoms with Gasteiger partial charge in [-0.2, -0.15) is 0 Å². The zero-order valence-electron chi connectivity index (χ0n) is 20.6. The summed E-state index contributed by atoms with van der Waals surface area (Å²) in [6.45, 7) is 6.75. The van der Waals surface area contributed by atoms with Gasteiger partial charge in [-0.05, 0) is 70.1 Å². The van der Waals surface area contributed by atoms with E-state index in [0.29, 0.717) is 48.3 Å². The molecule has 1 unspecified atom stereocenters. The lowest BCUT2D eigenvalue weighted by Gasteiger charge is -2.30. The van der Waals surface area contributed by atoms with E-state index < -0.39 is 32.7 Å². The molecule has 1 aromatic carbocycles. The monoisotopic (exact) mass is 535 g/mol. The summed E-state index contributed by atoms with van der Waals surface area (Å²) in [5.41, 5.74) is 0.632. The van der Waals surface area contributed by atoms with Crippen LogP contribution in [0.15, 0.2) is 27.9 Å². The molecule has 36 heavy (non-hydrogen) atoms. The Bertz CT molecular complexity index is 1370. The molecule has 1 aromatic heterocycles. The second kappa shape index (κ2) is 9.50. The lowest BCUT2D eigenvalue weighted by Crippen LogP contribution is -2.33. The molecule has 1 aliphatic carbocycles. The Morgan fingerprint density at radius 1 is 1.17 bits per heavy atom. The number of esters is 1. The summed E-state index contributed by atoms with van der Waals surface area (Å²) in [5, 5.41) is -0.699. The summed E-state index contributed by atoms with van der Waals surface area (Å²) >= 11 is 6.60. The highest BCUT2D eigenvalue weighted by molar-refractivity contribution is 7.92. The van der Waals surface area contributed by atoms with Gasteiger partial charge in [-0.15, -0.1) is 0 Å². The van der Waals surface area contributed by atoms with Gasteiger partial charge in [-0.3, -0.25) is 4.79 Å². The van der Waals surface area contributed by atoms with Gasteiger partial charge in [0.05, 0.1) is 33.6 Å². The maximum atomic E-state index is 13.7. The van der Waals surface area contributed by atoms with Crippen LogP contribution in [0.4, 0.5) is 0 Å². The average molecular weight is 536 g/mol. The molecule has 2 aliphatic heterocycles. The van der Waals surface area contributed by atoms with Crippen molar-refractivity contribution in [2.75, 3.05) is 19.8 Å². The SMILES string of the molecule is CC(C)OC(=O)c1cc2c(n(C3CC3)c1=O)-c1cc(Cl)c(OCC3CCOCC3)cc1S(=O)(=O)C2C. The van der Waals surface area contributed by atoms with Crippen LogP contribution in [0.2, 0.25) is 5.02 Å². The predicted molar refractivity (Wildman–Crippen MR) is 135 cm³/mol. The average Bonchev–Trinajstić information content (AvgIpc) is 3.66. The van der Waals surface area contributed by atoms with Gasteiger partial charge in [0.2, 0.25) is 0 Å². The molecule has 0 N–H and O–H groups in total. The summed E-state index contributed by atoms with van der Waals surface area (Å²) in [6.07, 6.45) is 2.88. The van der Waals surface area contributed by atoms with Crippen LogP contribution < -0.4 is 10.3 Å². The smallest absolute Gasteiger partial charge is 0.344 e. The van der Waals surface area contributed by atoms with E-state index >= 15 is 0 Å². The second-order valence-corrected chi connectivity index (χ2v) is 12.7. The highest BCUT2D eigenvalue weighted by Gasteiger charge is 2.41. The second-order valence-electron chi connectivity index (χ2n) is 10.1. The lowest BCUT2D eigenvalue weighted by molar-refractivity contribution is 0.0375. The van der Waals surface area contributed by atoms with Gasteiger partial charge in [0.1, 0.15) is 11.3 Å². The molecule has 1 saturated carbocycles. The molecule has 1 saturated heterocycles. The Balaban J connectivity index is 1.64. The van der Waals surface area contributed by atoms with E-state index in [-0.39, 0.29) is 21.5 Å². The van der Waals surface area contributed by atoms with Gasteiger partial charge < -0.3 is 18.8 Å². The summed E-state index contributed by atoms with van der Waals surface area (Å²) < 4.78 is 45.5. The van der Waals surface area contributed by atoms with Gasteiger partial charge in [0, 0.05) is 30.9 Å². The maximum absolute atomic E-state index is 13.7. The van der Waals surface area contributed by atoms with Crippen LogP contribution in [0.25, 0.3) is 11.3 Å². The summed E-state index contributed by atoms with van der Waals surface area (Å²) in [5.74, 6) is -0.137. The van der Waals surface area contributed by atoms with Crippen LogP contribution in [0, 0.1) is 5.92 Å². The zero-order valence-corrected chi connectivity index (χ0v) is 22.2. The fourth-order valence-corrected chi connectivity index (χ4v) is 6.75. The third-order valence-electron chi connectivity index (χ3n) is 7.05. The Labute approximate surface area is 215 Å². The van der Waals surface area contributed by atoms with Crippen LogP contribution in [0.5, 0.6) is 5.75 Å². The summed E-state index contributed by atoms with van der Waals surface area (Å²) in [4.78, 5) is 26.3. The number of carbonyl (C=O) groups is 1. The van der Waals surface area contributed by atoms with E-state index in [0.717, 1.165) is 25.7 Å². The molecule has 1 atom stereocenters. The van der Waals surface area contributed by atoms with Crippen molar-refractivity contribution in [1.82, 2.24) is 4.57 Å². The number of hydrogen-bond donors (Lipinski definition) is 0. The predicted octanol–water partition coefficient (Wildman–Crippen LogP) is 4.72. The zero-order chi connectivity index (χ0) is 25.8. The van der Waals surface area contributed by atoms with Crippen molar-refractivity contribution in [2.45, 2.75) is 68.7 Å². The van der Waals surface area contributed by atoms with Crippen LogP contribution in [-0.2, 0) is 19.3 Å². The Hall–Kier alpha value is -2.36. The molecule has 5 rings (SSSR count). The third-order valence-corrected chi connectivity index (χ3v) is 9.48. The normalized spacial score (nSPS) is 21.1. The molecule has 194 valence electrons. The first-order chi connectivity index (χ1) is 17.1. The molecule has 3 heterocycles. The van der Waals surface area contributed by atoms with Gasteiger partial charge in [0.25, 0.3) is 5.56 Å². The Kier molecular flexibility index (Phi) is 6.68. The number of nitrogens with zero attached hydrogens (tertiary/aromatic N) is 1. The van der Waals surface area contributed by atoms with Crippen LogP contribution in [-0.4, -0.2) is 44.9 Å². The van der Waals surface area contributed by atoms with E-state index in [4.69, 9.17) is 25.8 Å². The minimum absolute atomic E-state index is 0.0835. The molecule has 0 bridgehead atoms. The molecule has 2 aromatic rings.